The minimum atomic E-state index is -4.84. The van der Waals surface area contributed by atoms with Crippen LogP contribution in [0.2, 0.25) is 0 Å². The Morgan fingerprint density at radius 1 is 1.50 bits per heavy atom. The molecule has 1 saturated heterocycles. The summed E-state index contributed by atoms with van der Waals surface area (Å²) in [5.74, 6) is -1.94. The number of piperidine rings is 1. The molecule has 0 aromatic rings. The van der Waals surface area contributed by atoms with Crippen molar-refractivity contribution in [1.82, 2.24) is 4.90 Å². The summed E-state index contributed by atoms with van der Waals surface area (Å²) in [7, 11) is 0. The summed E-state index contributed by atoms with van der Waals surface area (Å²) in [6, 6.07) is -0.648. The standard InChI is InChI=1S/C8H10F3NO2/c1-5-4-6(13)2-3-12(5)7(14)8(9,10)11/h5H,2-4H2,1H3. The number of carbonyl (C=O) groups is 2. The molecule has 1 aliphatic heterocycles. The summed E-state index contributed by atoms with van der Waals surface area (Å²) in [4.78, 5) is 22.4. The highest BCUT2D eigenvalue weighted by Crippen LogP contribution is 2.23. The first-order valence-electron chi connectivity index (χ1n) is 4.22. The smallest absolute Gasteiger partial charge is 0.331 e. The van der Waals surface area contributed by atoms with Crippen LogP contribution in [0.1, 0.15) is 19.8 Å². The van der Waals surface area contributed by atoms with Crippen LogP contribution in [0.25, 0.3) is 0 Å². The first-order chi connectivity index (χ1) is 6.32. The van der Waals surface area contributed by atoms with Crippen molar-refractivity contribution >= 4 is 11.7 Å². The number of rotatable bonds is 0. The number of likely N-dealkylation sites (tertiary alicyclic amines) is 1. The Balaban J connectivity index is 2.70. The van der Waals surface area contributed by atoms with Crippen LogP contribution in [0.3, 0.4) is 0 Å². The zero-order valence-corrected chi connectivity index (χ0v) is 7.60. The van der Waals surface area contributed by atoms with Crippen molar-refractivity contribution in [2.24, 2.45) is 0 Å². The van der Waals surface area contributed by atoms with Crippen LogP contribution < -0.4 is 0 Å². The second-order valence-corrected chi connectivity index (χ2v) is 3.34. The van der Waals surface area contributed by atoms with E-state index in [0.29, 0.717) is 4.90 Å². The maximum absolute atomic E-state index is 12.0. The molecule has 1 fully saturated rings. The van der Waals surface area contributed by atoms with Gasteiger partial charge in [0, 0.05) is 25.4 Å². The van der Waals surface area contributed by atoms with Crippen LogP contribution in [0.15, 0.2) is 0 Å². The fraction of sp³-hybridized carbons (Fsp3) is 0.750. The molecule has 0 aromatic heterocycles. The molecule has 80 valence electrons. The van der Waals surface area contributed by atoms with E-state index in [9.17, 15) is 22.8 Å². The minimum Gasteiger partial charge on any atom is -0.331 e. The van der Waals surface area contributed by atoms with Gasteiger partial charge in [-0.15, -0.1) is 0 Å². The molecule has 3 nitrogen and oxygen atoms in total. The maximum atomic E-state index is 12.0. The lowest BCUT2D eigenvalue weighted by Gasteiger charge is -2.32. The van der Waals surface area contributed by atoms with E-state index < -0.39 is 18.1 Å². The van der Waals surface area contributed by atoms with Gasteiger partial charge in [0.25, 0.3) is 0 Å². The summed E-state index contributed by atoms with van der Waals surface area (Å²) in [6.45, 7) is 1.32. The van der Waals surface area contributed by atoms with Gasteiger partial charge in [-0.3, -0.25) is 9.59 Å². The van der Waals surface area contributed by atoms with E-state index in [2.05, 4.69) is 0 Å². The number of alkyl halides is 3. The molecular formula is C8H10F3NO2. The summed E-state index contributed by atoms with van der Waals surface area (Å²) in [6.07, 6.45) is -4.80. The Bertz CT molecular complexity index is 262. The summed E-state index contributed by atoms with van der Waals surface area (Å²) < 4.78 is 36.1. The highest BCUT2D eigenvalue weighted by molar-refractivity contribution is 5.86. The number of amides is 1. The molecule has 1 atom stereocenters. The van der Waals surface area contributed by atoms with Gasteiger partial charge in [0.2, 0.25) is 0 Å². The van der Waals surface area contributed by atoms with Gasteiger partial charge in [-0.05, 0) is 6.92 Å². The fourth-order valence-electron chi connectivity index (χ4n) is 1.47. The molecule has 0 bridgehead atoms. The molecule has 1 heterocycles. The molecule has 1 amide bonds. The molecule has 0 saturated carbocycles. The van der Waals surface area contributed by atoms with Crippen LogP contribution in [0.4, 0.5) is 13.2 Å². The fourth-order valence-corrected chi connectivity index (χ4v) is 1.47. The molecule has 14 heavy (non-hydrogen) atoms. The van der Waals surface area contributed by atoms with Crippen LogP contribution in [-0.4, -0.2) is 35.4 Å². The van der Waals surface area contributed by atoms with Crippen molar-refractivity contribution in [1.29, 1.82) is 0 Å². The van der Waals surface area contributed by atoms with Gasteiger partial charge in [0.15, 0.2) is 0 Å². The summed E-state index contributed by atoms with van der Waals surface area (Å²) in [5.41, 5.74) is 0. The third-order valence-corrected chi connectivity index (χ3v) is 2.19. The van der Waals surface area contributed by atoms with Crippen molar-refractivity contribution < 1.29 is 22.8 Å². The van der Waals surface area contributed by atoms with Crippen LogP contribution in [-0.2, 0) is 9.59 Å². The Morgan fingerprint density at radius 3 is 2.50 bits per heavy atom. The topological polar surface area (TPSA) is 37.4 Å². The van der Waals surface area contributed by atoms with E-state index in [1.165, 1.54) is 6.92 Å². The summed E-state index contributed by atoms with van der Waals surface area (Å²) >= 11 is 0. The van der Waals surface area contributed by atoms with Gasteiger partial charge in [-0.2, -0.15) is 13.2 Å². The largest absolute Gasteiger partial charge is 0.471 e. The van der Waals surface area contributed by atoms with Crippen LogP contribution >= 0.6 is 0 Å². The SMILES string of the molecule is CC1CC(=O)CCN1C(=O)C(F)(F)F. The van der Waals surface area contributed by atoms with Gasteiger partial charge >= 0.3 is 12.1 Å². The van der Waals surface area contributed by atoms with Gasteiger partial charge in [-0.25, -0.2) is 0 Å². The first kappa shape index (κ1) is 11.0. The Hall–Kier alpha value is -1.07. The van der Waals surface area contributed by atoms with Crippen molar-refractivity contribution in [3.05, 3.63) is 0 Å². The average molecular weight is 209 g/mol. The summed E-state index contributed by atoms with van der Waals surface area (Å²) in [5, 5.41) is 0. The molecule has 6 heteroatoms. The van der Waals surface area contributed by atoms with E-state index >= 15 is 0 Å². The Kier molecular flexibility index (Phi) is 2.82. The van der Waals surface area contributed by atoms with E-state index in [0.717, 1.165) is 0 Å². The quantitative estimate of drug-likeness (QED) is 0.599. The number of hydrogen-bond acceptors (Lipinski definition) is 2. The third-order valence-electron chi connectivity index (χ3n) is 2.19. The second kappa shape index (κ2) is 3.59. The number of halogens is 3. The number of Topliss-reactive ketones (excluding diaryl/α,β-unsaturated/α-hetero) is 1. The molecule has 0 radical (unpaired) electrons. The Morgan fingerprint density at radius 2 is 2.07 bits per heavy atom. The molecular weight excluding hydrogens is 199 g/mol. The van der Waals surface area contributed by atoms with Gasteiger partial charge in [0.05, 0.1) is 0 Å². The molecule has 0 N–H and O–H groups in total. The van der Waals surface area contributed by atoms with Crippen LogP contribution in [0, 0.1) is 0 Å². The third kappa shape index (κ3) is 2.24. The number of carbonyl (C=O) groups excluding carboxylic acids is 2. The first-order valence-corrected chi connectivity index (χ1v) is 4.22. The average Bonchev–Trinajstić information content (AvgIpc) is 2.01. The second-order valence-electron chi connectivity index (χ2n) is 3.34. The Labute approximate surface area is 78.9 Å². The van der Waals surface area contributed by atoms with Crippen molar-refractivity contribution in [2.75, 3.05) is 6.54 Å². The highest BCUT2D eigenvalue weighted by Gasteiger charge is 2.45. The lowest BCUT2D eigenvalue weighted by Crippen LogP contribution is -2.50. The van der Waals surface area contributed by atoms with Crippen molar-refractivity contribution in [2.45, 2.75) is 32.0 Å². The molecule has 1 unspecified atom stereocenters. The van der Waals surface area contributed by atoms with Crippen molar-refractivity contribution in [3.8, 4) is 0 Å². The van der Waals surface area contributed by atoms with Crippen molar-refractivity contribution in [3.63, 3.8) is 0 Å². The van der Waals surface area contributed by atoms with Gasteiger partial charge in [-0.1, -0.05) is 0 Å². The van der Waals surface area contributed by atoms with Gasteiger partial charge in [0.1, 0.15) is 5.78 Å². The van der Waals surface area contributed by atoms with E-state index in [1.54, 1.807) is 0 Å². The predicted molar refractivity (Wildman–Crippen MR) is 41.5 cm³/mol. The number of nitrogens with zero attached hydrogens (tertiary/aromatic N) is 1. The van der Waals surface area contributed by atoms with E-state index in [1.807, 2.05) is 0 Å². The predicted octanol–water partition coefficient (Wildman–Crippen LogP) is 1.13. The maximum Gasteiger partial charge on any atom is 0.471 e. The minimum absolute atomic E-state index is 0.0157. The lowest BCUT2D eigenvalue weighted by molar-refractivity contribution is -0.188. The molecule has 1 aliphatic rings. The van der Waals surface area contributed by atoms with Crippen LogP contribution in [0.5, 0.6) is 0 Å². The van der Waals surface area contributed by atoms with E-state index in [4.69, 9.17) is 0 Å². The monoisotopic (exact) mass is 209 g/mol. The van der Waals surface area contributed by atoms with E-state index in [-0.39, 0.29) is 25.2 Å². The van der Waals surface area contributed by atoms with Gasteiger partial charge < -0.3 is 4.90 Å². The molecule has 0 aromatic carbocycles. The molecule has 1 rings (SSSR count). The number of ketones is 1. The zero-order chi connectivity index (χ0) is 10.9. The zero-order valence-electron chi connectivity index (χ0n) is 7.60. The highest BCUT2D eigenvalue weighted by atomic mass is 19.4. The normalized spacial score (nSPS) is 23.9. The molecule has 0 aliphatic carbocycles. The molecule has 0 spiro atoms. The number of hydrogen-bond donors (Lipinski definition) is 0. The lowest BCUT2D eigenvalue weighted by atomic mass is 10.0.